The number of piperazine rings is 1. The summed E-state index contributed by atoms with van der Waals surface area (Å²) in [6, 6.07) is 3.73. The number of ether oxygens (including phenoxy) is 2. The van der Waals surface area contributed by atoms with E-state index in [1.54, 1.807) is 25.4 Å². The Kier molecular flexibility index (Phi) is 8.18. The Bertz CT molecular complexity index is 2070. The van der Waals surface area contributed by atoms with Crippen LogP contribution in [0.1, 0.15) is 76.7 Å². The number of pyridine rings is 1. The molecule has 5 aromatic rings. The second kappa shape index (κ2) is 12.3. The van der Waals surface area contributed by atoms with Crippen molar-refractivity contribution in [1.29, 1.82) is 0 Å². The summed E-state index contributed by atoms with van der Waals surface area (Å²) < 4.78 is 44.4. The molecule has 4 aromatic heterocycles. The average Bonchev–Trinajstić information content (AvgIpc) is 3.74. The van der Waals surface area contributed by atoms with Crippen molar-refractivity contribution in [1.82, 2.24) is 29.6 Å². The number of fused-ring (bicyclic) bond motifs is 6. The van der Waals surface area contributed by atoms with Gasteiger partial charge < -0.3 is 14.4 Å². The highest BCUT2D eigenvalue weighted by Crippen LogP contribution is 2.47. The lowest BCUT2D eigenvalue weighted by Gasteiger charge is -2.42. The number of aromatic nitrogens is 5. The van der Waals surface area contributed by atoms with E-state index in [1.807, 2.05) is 42.7 Å². The smallest absolute Gasteiger partial charge is 0.410 e. The molecule has 10 nitrogen and oxygen atoms in total. The summed E-state index contributed by atoms with van der Waals surface area (Å²) in [5.41, 5.74) is 1.51. The molecule has 3 aliphatic heterocycles. The molecule has 1 amide bonds. The van der Waals surface area contributed by atoms with E-state index in [0.717, 1.165) is 63.7 Å². The molecule has 3 fully saturated rings. The molecule has 0 saturated carbocycles. The molecule has 7 heterocycles. The minimum Gasteiger partial charge on any atom is -0.444 e. The molecule has 1 aromatic carbocycles. The van der Waals surface area contributed by atoms with Crippen LogP contribution in [0.25, 0.3) is 42.5 Å². The van der Waals surface area contributed by atoms with Crippen molar-refractivity contribution in [2.45, 2.75) is 95.3 Å². The number of aryl methyl sites for hydroxylation is 1. The molecule has 0 N–H and O–H groups in total. The number of thiophene rings is 1. The molecule has 0 spiro atoms. The van der Waals surface area contributed by atoms with E-state index in [9.17, 15) is 13.6 Å². The van der Waals surface area contributed by atoms with Gasteiger partial charge in [-0.2, -0.15) is 5.10 Å². The predicted molar refractivity (Wildman–Crippen MR) is 189 cm³/mol. The zero-order valence-electron chi connectivity index (χ0n) is 28.2. The molecule has 1 unspecified atom stereocenters. The van der Waals surface area contributed by atoms with Crippen LogP contribution >= 0.6 is 23.1 Å². The highest BCUT2D eigenvalue weighted by atomic mass is 32.2. The van der Waals surface area contributed by atoms with Crippen LogP contribution in [0, 0.1) is 6.92 Å². The fourth-order valence-electron chi connectivity index (χ4n) is 7.77. The summed E-state index contributed by atoms with van der Waals surface area (Å²) >= 11 is 2.92. The molecule has 0 radical (unpaired) electrons. The second-order valence-electron chi connectivity index (χ2n) is 14.2. The Morgan fingerprint density at radius 3 is 2.57 bits per heavy atom. The van der Waals surface area contributed by atoms with E-state index >= 15 is 0 Å². The summed E-state index contributed by atoms with van der Waals surface area (Å²) in [5.74, 6) is 0.796. The van der Waals surface area contributed by atoms with E-state index in [4.69, 9.17) is 24.4 Å². The number of hydrogen-bond donors (Lipinski definition) is 0. The predicted octanol–water partition coefficient (Wildman–Crippen LogP) is 8.51. The van der Waals surface area contributed by atoms with Crippen molar-refractivity contribution in [2.75, 3.05) is 30.9 Å². The quantitative estimate of drug-likeness (QED) is 0.132. The molecule has 2 bridgehead atoms. The molecule has 258 valence electrons. The number of benzene rings is 1. The lowest BCUT2D eigenvalue weighted by atomic mass is 9.95. The maximum Gasteiger partial charge on any atom is 0.410 e. The molecular weight excluding hydrogens is 669 g/mol. The first-order valence-corrected chi connectivity index (χ1v) is 18.9. The van der Waals surface area contributed by atoms with Crippen LogP contribution in [-0.2, 0) is 9.47 Å². The van der Waals surface area contributed by atoms with Crippen LogP contribution < -0.4 is 4.90 Å². The number of carbonyl (C=O) groups excluding carboxylic acids is 1. The Labute approximate surface area is 291 Å². The van der Waals surface area contributed by atoms with Crippen LogP contribution in [-0.4, -0.2) is 79.4 Å². The van der Waals surface area contributed by atoms with Crippen molar-refractivity contribution in [2.24, 2.45) is 0 Å². The van der Waals surface area contributed by atoms with Gasteiger partial charge >= 0.3 is 6.09 Å². The number of nitrogens with zero attached hydrogens (tertiary/aromatic N) is 7. The van der Waals surface area contributed by atoms with Crippen molar-refractivity contribution < 1.29 is 23.0 Å². The first kappa shape index (κ1) is 32.6. The zero-order chi connectivity index (χ0) is 34.2. The third-order valence-electron chi connectivity index (χ3n) is 9.81. The average molecular weight is 708 g/mol. The number of hydrogen-bond acceptors (Lipinski definition) is 10. The number of anilines is 1. The third kappa shape index (κ3) is 5.59. The number of rotatable bonds is 5. The van der Waals surface area contributed by atoms with Gasteiger partial charge in [-0.25, -0.2) is 28.2 Å². The molecule has 0 aliphatic carbocycles. The van der Waals surface area contributed by atoms with Gasteiger partial charge in [-0.05, 0) is 83.8 Å². The topological polar surface area (TPSA) is 98.5 Å². The summed E-state index contributed by atoms with van der Waals surface area (Å²) in [4.78, 5) is 32.9. The Balaban J connectivity index is 1.27. The number of thioether (sulfide) groups is 1. The molecule has 8 rings (SSSR count). The summed E-state index contributed by atoms with van der Waals surface area (Å²) in [6.45, 7) is 9.27. The fourth-order valence-corrected chi connectivity index (χ4v) is 9.35. The van der Waals surface area contributed by atoms with Crippen molar-refractivity contribution in [3.8, 4) is 11.3 Å². The van der Waals surface area contributed by atoms with Gasteiger partial charge in [-0.15, -0.1) is 11.3 Å². The summed E-state index contributed by atoms with van der Waals surface area (Å²) in [5, 5.41) is 7.68. The molecule has 49 heavy (non-hydrogen) atoms. The second-order valence-corrected chi connectivity index (χ2v) is 15.9. The molecule has 3 atom stereocenters. The normalized spacial score (nSPS) is 21.5. The van der Waals surface area contributed by atoms with Crippen LogP contribution in [0.4, 0.5) is 19.4 Å². The Hall–Kier alpha value is -3.62. The SMILES string of the molecule is CSc1nc(N2C[C@H]3CC[C@@H](C2)N3C(=O)OC(C)(C)C)c2c(n1)sc1c(-c3c(C(F)F)c(C)cc4c3cnn4C3CCCCO3)nccc12. The molecule has 3 aliphatic rings. The molecular formula is C35H39F2N7O3S2. The number of alkyl halides is 2. The fraction of sp³-hybridized carbons (Fsp3) is 0.514. The van der Waals surface area contributed by atoms with Gasteiger partial charge in [0.05, 0.1) is 39.6 Å². The van der Waals surface area contributed by atoms with E-state index in [0.29, 0.717) is 47.1 Å². The maximum absolute atomic E-state index is 15.0. The third-order valence-corrected chi connectivity index (χ3v) is 11.5. The number of halogens is 2. The van der Waals surface area contributed by atoms with E-state index < -0.39 is 12.0 Å². The maximum atomic E-state index is 15.0. The Morgan fingerprint density at radius 2 is 1.90 bits per heavy atom. The highest BCUT2D eigenvalue weighted by molar-refractivity contribution is 7.98. The van der Waals surface area contributed by atoms with E-state index in [1.165, 1.54) is 23.1 Å². The zero-order valence-corrected chi connectivity index (χ0v) is 29.8. The van der Waals surface area contributed by atoms with Gasteiger partial charge in [0, 0.05) is 47.8 Å². The van der Waals surface area contributed by atoms with Gasteiger partial charge in [0.2, 0.25) is 0 Å². The van der Waals surface area contributed by atoms with Crippen LogP contribution in [0.15, 0.2) is 29.7 Å². The largest absolute Gasteiger partial charge is 0.444 e. The minimum absolute atomic E-state index is 0.00247. The number of carbonyl (C=O) groups is 1. The highest BCUT2D eigenvalue weighted by Gasteiger charge is 2.45. The monoisotopic (exact) mass is 707 g/mol. The van der Waals surface area contributed by atoms with Crippen LogP contribution in [0.5, 0.6) is 0 Å². The van der Waals surface area contributed by atoms with Crippen molar-refractivity contribution in [3.63, 3.8) is 0 Å². The molecule has 14 heteroatoms. The minimum atomic E-state index is -2.71. The molecule has 3 saturated heterocycles. The Morgan fingerprint density at radius 1 is 1.12 bits per heavy atom. The van der Waals surface area contributed by atoms with Gasteiger partial charge in [0.15, 0.2) is 11.4 Å². The summed E-state index contributed by atoms with van der Waals surface area (Å²) in [7, 11) is 0. The van der Waals surface area contributed by atoms with Gasteiger partial charge in [0.25, 0.3) is 6.43 Å². The lowest BCUT2D eigenvalue weighted by molar-refractivity contribution is -0.0366. The van der Waals surface area contributed by atoms with Crippen molar-refractivity contribution in [3.05, 3.63) is 35.7 Å². The number of amides is 1. The first-order valence-electron chi connectivity index (χ1n) is 16.8. The van der Waals surface area contributed by atoms with Gasteiger partial charge in [-0.1, -0.05) is 11.8 Å². The van der Waals surface area contributed by atoms with E-state index in [-0.39, 0.29) is 30.0 Å². The first-order chi connectivity index (χ1) is 23.5. The van der Waals surface area contributed by atoms with Crippen LogP contribution in [0.2, 0.25) is 0 Å². The van der Waals surface area contributed by atoms with Crippen molar-refractivity contribution >= 4 is 66.2 Å². The summed E-state index contributed by atoms with van der Waals surface area (Å²) in [6.07, 6.45) is 6.71. The van der Waals surface area contributed by atoms with E-state index in [2.05, 4.69) is 10.00 Å². The standard InChI is InChI=1S/C35H39F2N7O3S2/c1-18-14-23-22(15-39-44(23)24-8-6-7-13-46-24)26(25(18)30(36)37)28-29-21(11-12-38-28)27-31(40-33(48-5)41-32(27)49-29)42-16-19-9-10-20(17-42)43(19)34(45)47-35(2,3)4/h11-12,14-15,19-20,24,30H,6-10,13,16-17H2,1-5H3/t19-,20+,24?. The van der Waals surface area contributed by atoms with Gasteiger partial charge in [-0.3, -0.25) is 9.88 Å². The van der Waals surface area contributed by atoms with Crippen LogP contribution in [0.3, 0.4) is 0 Å². The lowest BCUT2D eigenvalue weighted by Crippen LogP contribution is -2.57. The van der Waals surface area contributed by atoms with Gasteiger partial charge in [0.1, 0.15) is 16.2 Å².